The monoisotopic (exact) mass is 640 g/mol. The fraction of sp³-hybridized carbons (Fsp3) is 0.467. The Morgan fingerprint density at radius 2 is 1.91 bits per heavy atom. The Bertz CT molecular complexity index is 576. The van der Waals surface area contributed by atoms with Crippen molar-refractivity contribution in [3.8, 4) is 0 Å². The number of halogens is 3. The molecular weight excluding hydrogens is 621 g/mol. The first-order valence-electron chi connectivity index (χ1n) is 7.01. The van der Waals surface area contributed by atoms with Crippen molar-refractivity contribution < 1.29 is 9.59 Å². The quantitative estimate of drug-likeness (QED) is 0.437. The van der Waals surface area contributed by atoms with Crippen molar-refractivity contribution in [2.45, 2.75) is 39.5 Å². The number of nitrogens with one attached hydrogen (secondary N) is 1. The van der Waals surface area contributed by atoms with Gasteiger partial charge in [0.2, 0.25) is 11.8 Å². The summed E-state index contributed by atoms with van der Waals surface area (Å²) in [5.41, 5.74) is 7.47. The standard InChI is InChI=1S/C15H19I3N2O2/c1-3-4-5-9(15(19)22)6-10-11(16)7-12(17)14(13(10)18)20-8(2)21/h7,9H,3-6H2,1-2H3,(H2,19,22)(H,20,21). The fourth-order valence-corrected chi connectivity index (χ4v) is 6.23. The molecule has 1 rings (SSSR count). The van der Waals surface area contributed by atoms with Gasteiger partial charge in [0.05, 0.1) is 5.69 Å². The van der Waals surface area contributed by atoms with E-state index in [1.807, 2.05) is 6.07 Å². The maximum atomic E-state index is 11.7. The highest BCUT2D eigenvalue weighted by Crippen LogP contribution is 2.33. The highest BCUT2D eigenvalue weighted by atomic mass is 127. The minimum atomic E-state index is -0.250. The molecule has 1 unspecified atom stereocenters. The Hall–Kier alpha value is 0.350. The van der Waals surface area contributed by atoms with Gasteiger partial charge in [-0.2, -0.15) is 0 Å². The van der Waals surface area contributed by atoms with Gasteiger partial charge in [-0.1, -0.05) is 19.8 Å². The highest BCUT2D eigenvalue weighted by Gasteiger charge is 2.21. The number of carbonyl (C=O) groups is 2. The Balaban J connectivity index is 3.17. The molecule has 0 heterocycles. The molecule has 0 saturated heterocycles. The molecule has 0 aliphatic heterocycles. The SMILES string of the molecule is CCCCC(Cc1c(I)cc(I)c(NC(C)=O)c1I)C(N)=O. The first-order chi connectivity index (χ1) is 10.3. The number of rotatable bonds is 7. The summed E-state index contributed by atoms with van der Waals surface area (Å²) in [6, 6.07) is 2.03. The zero-order valence-corrected chi connectivity index (χ0v) is 19.0. The van der Waals surface area contributed by atoms with Crippen molar-refractivity contribution in [2.75, 3.05) is 5.32 Å². The lowest BCUT2D eigenvalue weighted by Crippen LogP contribution is -2.26. The first kappa shape index (κ1) is 20.4. The molecule has 1 aromatic carbocycles. The Labute approximate surface area is 172 Å². The molecular formula is C15H19I3N2O2. The molecule has 0 aliphatic carbocycles. The van der Waals surface area contributed by atoms with E-state index in [0.29, 0.717) is 6.42 Å². The van der Waals surface area contributed by atoms with E-state index < -0.39 is 0 Å². The zero-order valence-electron chi connectivity index (χ0n) is 12.5. The molecule has 0 spiro atoms. The summed E-state index contributed by atoms with van der Waals surface area (Å²) < 4.78 is 3.09. The van der Waals surface area contributed by atoms with Crippen molar-refractivity contribution >= 4 is 85.3 Å². The summed E-state index contributed by atoms with van der Waals surface area (Å²) >= 11 is 6.74. The van der Waals surface area contributed by atoms with E-state index in [4.69, 9.17) is 5.73 Å². The number of hydrogen-bond donors (Lipinski definition) is 2. The largest absolute Gasteiger partial charge is 0.369 e. The van der Waals surface area contributed by atoms with Crippen molar-refractivity contribution in [1.29, 1.82) is 0 Å². The third kappa shape index (κ3) is 5.77. The zero-order chi connectivity index (χ0) is 16.9. The molecule has 0 saturated carbocycles. The van der Waals surface area contributed by atoms with E-state index in [2.05, 4.69) is 80.0 Å². The third-order valence-electron chi connectivity index (χ3n) is 3.33. The van der Waals surface area contributed by atoms with Gasteiger partial charge in [0, 0.05) is 23.6 Å². The van der Waals surface area contributed by atoms with E-state index in [9.17, 15) is 9.59 Å². The summed E-state index contributed by atoms with van der Waals surface area (Å²) in [7, 11) is 0. The number of benzene rings is 1. The number of anilines is 1. The predicted molar refractivity (Wildman–Crippen MR) is 115 cm³/mol. The topological polar surface area (TPSA) is 72.2 Å². The molecule has 7 heteroatoms. The van der Waals surface area contributed by atoms with Gasteiger partial charge in [0.25, 0.3) is 0 Å². The van der Waals surface area contributed by atoms with Gasteiger partial charge in [-0.15, -0.1) is 0 Å². The normalized spacial score (nSPS) is 12.0. The van der Waals surface area contributed by atoms with Crippen LogP contribution in [0.4, 0.5) is 5.69 Å². The number of amides is 2. The maximum absolute atomic E-state index is 11.7. The summed E-state index contributed by atoms with van der Waals surface area (Å²) in [5.74, 6) is -0.507. The number of unbranched alkanes of at least 4 members (excludes halogenated alkanes) is 1. The van der Waals surface area contributed by atoms with Crippen molar-refractivity contribution in [2.24, 2.45) is 11.7 Å². The van der Waals surface area contributed by atoms with E-state index >= 15 is 0 Å². The molecule has 3 N–H and O–H groups in total. The molecule has 0 bridgehead atoms. The van der Waals surface area contributed by atoms with Crippen LogP contribution in [0.15, 0.2) is 6.07 Å². The fourth-order valence-electron chi connectivity index (χ4n) is 2.15. The first-order valence-corrected chi connectivity index (χ1v) is 10.2. The second kappa shape index (κ2) is 9.60. The van der Waals surface area contributed by atoms with Gasteiger partial charge >= 0.3 is 0 Å². The Morgan fingerprint density at radius 1 is 1.27 bits per heavy atom. The number of carbonyl (C=O) groups excluding carboxylic acids is 2. The molecule has 0 fully saturated rings. The lowest BCUT2D eigenvalue weighted by atomic mass is 9.93. The summed E-state index contributed by atoms with van der Waals surface area (Å²) in [5, 5.41) is 2.88. The minimum Gasteiger partial charge on any atom is -0.369 e. The predicted octanol–water partition coefficient (Wildman–Crippen LogP) is 4.29. The second-order valence-corrected chi connectivity index (χ2v) is 8.54. The molecule has 2 amide bonds. The van der Waals surface area contributed by atoms with Crippen molar-refractivity contribution in [3.05, 3.63) is 22.3 Å². The van der Waals surface area contributed by atoms with Crippen LogP contribution in [-0.4, -0.2) is 11.8 Å². The van der Waals surface area contributed by atoms with E-state index in [1.165, 1.54) is 6.92 Å². The lowest BCUT2D eigenvalue weighted by Gasteiger charge is -2.18. The van der Waals surface area contributed by atoms with Gasteiger partial charge in [-0.3, -0.25) is 9.59 Å². The van der Waals surface area contributed by atoms with Crippen molar-refractivity contribution in [1.82, 2.24) is 0 Å². The van der Waals surface area contributed by atoms with Crippen LogP contribution in [0, 0.1) is 16.6 Å². The van der Waals surface area contributed by atoms with Crippen LogP contribution in [0.25, 0.3) is 0 Å². The maximum Gasteiger partial charge on any atom is 0.221 e. The van der Waals surface area contributed by atoms with Gasteiger partial charge in [-0.25, -0.2) is 0 Å². The van der Waals surface area contributed by atoms with Crippen LogP contribution < -0.4 is 11.1 Å². The average molecular weight is 640 g/mol. The van der Waals surface area contributed by atoms with E-state index in [0.717, 1.165) is 41.2 Å². The smallest absolute Gasteiger partial charge is 0.221 e. The lowest BCUT2D eigenvalue weighted by molar-refractivity contribution is -0.122. The molecule has 0 aromatic heterocycles. The molecule has 122 valence electrons. The van der Waals surface area contributed by atoms with Gasteiger partial charge < -0.3 is 11.1 Å². The third-order valence-corrected chi connectivity index (χ3v) is 6.33. The van der Waals surface area contributed by atoms with Crippen LogP contribution >= 0.6 is 67.8 Å². The highest BCUT2D eigenvalue weighted by molar-refractivity contribution is 14.1. The molecule has 4 nitrogen and oxygen atoms in total. The number of hydrogen-bond acceptors (Lipinski definition) is 2. The Morgan fingerprint density at radius 3 is 2.41 bits per heavy atom. The summed E-state index contributed by atoms with van der Waals surface area (Å²) in [6.07, 6.45) is 3.46. The van der Waals surface area contributed by atoms with Crippen LogP contribution in [0.2, 0.25) is 0 Å². The van der Waals surface area contributed by atoms with Gasteiger partial charge in [0.15, 0.2) is 0 Å². The molecule has 0 radical (unpaired) electrons. The van der Waals surface area contributed by atoms with Gasteiger partial charge in [0.1, 0.15) is 0 Å². The molecule has 0 aliphatic rings. The minimum absolute atomic E-state index is 0.0968. The van der Waals surface area contributed by atoms with Crippen LogP contribution in [0.1, 0.15) is 38.7 Å². The number of nitrogens with two attached hydrogens (primary N) is 1. The van der Waals surface area contributed by atoms with E-state index in [1.54, 1.807) is 0 Å². The van der Waals surface area contributed by atoms with Crippen molar-refractivity contribution in [3.63, 3.8) is 0 Å². The Kier molecular flexibility index (Phi) is 8.90. The van der Waals surface area contributed by atoms with Crippen LogP contribution in [0.3, 0.4) is 0 Å². The number of primary amides is 1. The van der Waals surface area contributed by atoms with E-state index in [-0.39, 0.29) is 17.7 Å². The van der Waals surface area contributed by atoms with Crippen LogP contribution in [-0.2, 0) is 16.0 Å². The van der Waals surface area contributed by atoms with Crippen LogP contribution in [0.5, 0.6) is 0 Å². The summed E-state index contributed by atoms with van der Waals surface area (Å²) in [4.78, 5) is 23.1. The average Bonchev–Trinajstić information content (AvgIpc) is 2.42. The van der Waals surface area contributed by atoms with Gasteiger partial charge in [-0.05, 0) is 92.2 Å². The molecule has 1 aromatic rings. The molecule has 1 atom stereocenters. The second-order valence-electron chi connectivity index (χ2n) is 5.13. The summed E-state index contributed by atoms with van der Waals surface area (Å²) in [6.45, 7) is 3.60. The molecule has 22 heavy (non-hydrogen) atoms.